The Kier molecular flexibility index (Phi) is 5.53. The molecule has 0 spiro atoms. The number of piperidine rings is 1. The van der Waals surface area contributed by atoms with Crippen LogP contribution in [0.25, 0.3) is 0 Å². The number of anilines is 2. The smallest absolute Gasteiger partial charge is 0.272 e. The number of carbonyl (C=O) groups excluding carboxylic acids is 1. The van der Waals surface area contributed by atoms with Gasteiger partial charge in [-0.05, 0) is 49.9 Å². The third-order valence-corrected chi connectivity index (χ3v) is 4.72. The molecule has 5 nitrogen and oxygen atoms in total. The molecule has 5 heteroatoms. The molecule has 25 heavy (non-hydrogen) atoms. The van der Waals surface area contributed by atoms with E-state index in [2.05, 4.69) is 17.2 Å². The maximum atomic E-state index is 12.9. The third-order valence-electron chi connectivity index (χ3n) is 4.72. The number of nitrogens with zero attached hydrogens (tertiary/aromatic N) is 2. The standard InChI is InChI=1S/C20H25N3O2/c1-3-16-8-6-7-13-23(16)20(24)18-14-15(11-12-21-18)22-17-9-4-5-10-19(17)25-2/h4-5,9-12,14,16H,3,6-8,13H2,1-2H3,(H,21,22). The summed E-state index contributed by atoms with van der Waals surface area (Å²) in [4.78, 5) is 19.2. The predicted molar refractivity (Wildman–Crippen MR) is 99.5 cm³/mol. The van der Waals surface area contributed by atoms with E-state index in [0.717, 1.165) is 42.9 Å². The molecular formula is C20H25N3O2. The number of para-hydroxylation sites is 2. The first kappa shape index (κ1) is 17.3. The summed E-state index contributed by atoms with van der Waals surface area (Å²) in [5.41, 5.74) is 2.17. The van der Waals surface area contributed by atoms with Crippen LogP contribution in [0.4, 0.5) is 11.4 Å². The topological polar surface area (TPSA) is 54.5 Å². The minimum Gasteiger partial charge on any atom is -0.495 e. The highest BCUT2D eigenvalue weighted by molar-refractivity contribution is 5.93. The van der Waals surface area contributed by atoms with Gasteiger partial charge in [-0.3, -0.25) is 9.78 Å². The number of amides is 1. The number of methoxy groups -OCH3 is 1. The van der Waals surface area contributed by atoms with Crippen molar-refractivity contribution in [3.05, 3.63) is 48.3 Å². The largest absolute Gasteiger partial charge is 0.495 e. The Balaban J connectivity index is 1.80. The number of hydrogen-bond acceptors (Lipinski definition) is 4. The van der Waals surface area contributed by atoms with Gasteiger partial charge in [0, 0.05) is 24.5 Å². The number of pyridine rings is 1. The van der Waals surface area contributed by atoms with Crippen LogP contribution in [0, 0.1) is 0 Å². The number of aromatic nitrogens is 1. The molecule has 0 aliphatic carbocycles. The summed E-state index contributed by atoms with van der Waals surface area (Å²) in [6, 6.07) is 11.7. The molecule has 0 bridgehead atoms. The summed E-state index contributed by atoms with van der Waals surface area (Å²) in [6.07, 6.45) is 6.02. The lowest BCUT2D eigenvalue weighted by Crippen LogP contribution is -2.43. The molecule has 1 fully saturated rings. The van der Waals surface area contributed by atoms with E-state index in [4.69, 9.17) is 4.74 Å². The van der Waals surface area contributed by atoms with Gasteiger partial charge in [0.2, 0.25) is 0 Å². The van der Waals surface area contributed by atoms with Crippen molar-refractivity contribution in [3.8, 4) is 5.75 Å². The van der Waals surface area contributed by atoms with E-state index in [9.17, 15) is 4.79 Å². The molecule has 1 aliphatic rings. The van der Waals surface area contributed by atoms with Crippen molar-refractivity contribution in [2.75, 3.05) is 19.0 Å². The third kappa shape index (κ3) is 3.92. The molecule has 1 atom stereocenters. The molecule has 2 aromatic rings. The second kappa shape index (κ2) is 8.01. The molecule has 0 radical (unpaired) electrons. The molecule has 1 aliphatic heterocycles. The van der Waals surface area contributed by atoms with Crippen LogP contribution in [0.1, 0.15) is 43.1 Å². The Bertz CT molecular complexity index is 732. The fraction of sp³-hybridized carbons (Fsp3) is 0.400. The highest BCUT2D eigenvalue weighted by atomic mass is 16.5. The van der Waals surface area contributed by atoms with Crippen LogP contribution in [-0.2, 0) is 0 Å². The zero-order valence-corrected chi connectivity index (χ0v) is 14.9. The number of likely N-dealkylation sites (tertiary alicyclic amines) is 1. The van der Waals surface area contributed by atoms with Crippen molar-refractivity contribution >= 4 is 17.3 Å². The first-order chi connectivity index (χ1) is 12.2. The maximum absolute atomic E-state index is 12.9. The molecular weight excluding hydrogens is 314 g/mol. The van der Waals surface area contributed by atoms with Gasteiger partial charge in [0.1, 0.15) is 11.4 Å². The minimum atomic E-state index is 0.0234. The fourth-order valence-corrected chi connectivity index (χ4v) is 3.37. The predicted octanol–water partition coefficient (Wildman–Crippen LogP) is 4.24. The van der Waals surface area contributed by atoms with E-state index < -0.39 is 0 Å². The number of rotatable bonds is 5. The van der Waals surface area contributed by atoms with Gasteiger partial charge in [-0.2, -0.15) is 0 Å². The molecule has 132 valence electrons. The molecule has 1 amide bonds. The second-order valence-corrected chi connectivity index (χ2v) is 6.31. The van der Waals surface area contributed by atoms with Crippen molar-refractivity contribution < 1.29 is 9.53 Å². The molecule has 2 heterocycles. The second-order valence-electron chi connectivity index (χ2n) is 6.31. The number of hydrogen-bond donors (Lipinski definition) is 1. The van der Waals surface area contributed by atoms with E-state index in [1.54, 1.807) is 13.3 Å². The van der Waals surface area contributed by atoms with Gasteiger partial charge in [-0.25, -0.2) is 0 Å². The molecule has 1 unspecified atom stereocenters. The average Bonchev–Trinajstić information content (AvgIpc) is 2.68. The van der Waals surface area contributed by atoms with Crippen LogP contribution in [0.3, 0.4) is 0 Å². The minimum absolute atomic E-state index is 0.0234. The van der Waals surface area contributed by atoms with Crippen molar-refractivity contribution in [2.45, 2.75) is 38.6 Å². The highest BCUT2D eigenvalue weighted by Crippen LogP contribution is 2.27. The Morgan fingerprint density at radius 3 is 2.96 bits per heavy atom. The van der Waals surface area contributed by atoms with Gasteiger partial charge in [0.15, 0.2) is 0 Å². The van der Waals surface area contributed by atoms with Crippen molar-refractivity contribution in [2.24, 2.45) is 0 Å². The van der Waals surface area contributed by atoms with E-state index >= 15 is 0 Å². The van der Waals surface area contributed by atoms with Crippen LogP contribution in [0.5, 0.6) is 5.75 Å². The fourth-order valence-electron chi connectivity index (χ4n) is 3.37. The van der Waals surface area contributed by atoms with E-state index in [0.29, 0.717) is 11.7 Å². The molecule has 1 N–H and O–H groups in total. The molecule has 0 saturated carbocycles. The van der Waals surface area contributed by atoms with Gasteiger partial charge < -0.3 is 15.0 Å². The zero-order chi connectivity index (χ0) is 17.6. The summed E-state index contributed by atoms with van der Waals surface area (Å²) in [7, 11) is 1.64. The summed E-state index contributed by atoms with van der Waals surface area (Å²) in [5, 5.41) is 3.31. The Hall–Kier alpha value is -2.56. The maximum Gasteiger partial charge on any atom is 0.272 e. The SMILES string of the molecule is CCC1CCCCN1C(=O)c1cc(Nc2ccccc2OC)ccn1. The summed E-state index contributed by atoms with van der Waals surface area (Å²) < 4.78 is 5.37. The lowest BCUT2D eigenvalue weighted by Gasteiger charge is -2.35. The van der Waals surface area contributed by atoms with Crippen LogP contribution in [-0.4, -0.2) is 35.5 Å². The summed E-state index contributed by atoms with van der Waals surface area (Å²) >= 11 is 0. The average molecular weight is 339 g/mol. The van der Waals surface area contributed by atoms with E-state index in [-0.39, 0.29) is 5.91 Å². The Morgan fingerprint density at radius 2 is 2.16 bits per heavy atom. The molecule has 1 aromatic heterocycles. The van der Waals surface area contributed by atoms with E-state index in [1.807, 2.05) is 41.3 Å². The van der Waals surface area contributed by atoms with Gasteiger partial charge in [0.25, 0.3) is 5.91 Å². The van der Waals surface area contributed by atoms with Crippen molar-refractivity contribution in [1.82, 2.24) is 9.88 Å². The van der Waals surface area contributed by atoms with Gasteiger partial charge in [-0.15, -0.1) is 0 Å². The normalized spacial score (nSPS) is 17.2. The van der Waals surface area contributed by atoms with Crippen molar-refractivity contribution in [3.63, 3.8) is 0 Å². The Labute approximate surface area is 149 Å². The van der Waals surface area contributed by atoms with Crippen LogP contribution < -0.4 is 10.1 Å². The van der Waals surface area contributed by atoms with Gasteiger partial charge in [-0.1, -0.05) is 19.1 Å². The molecule has 1 aromatic carbocycles. The lowest BCUT2D eigenvalue weighted by molar-refractivity contribution is 0.0602. The van der Waals surface area contributed by atoms with Gasteiger partial charge in [0.05, 0.1) is 12.8 Å². The Morgan fingerprint density at radius 1 is 1.32 bits per heavy atom. The highest BCUT2D eigenvalue weighted by Gasteiger charge is 2.27. The lowest BCUT2D eigenvalue weighted by atomic mass is 9.99. The van der Waals surface area contributed by atoms with E-state index in [1.165, 1.54) is 6.42 Å². The number of benzene rings is 1. The van der Waals surface area contributed by atoms with Gasteiger partial charge >= 0.3 is 0 Å². The number of carbonyl (C=O) groups is 1. The quantitative estimate of drug-likeness (QED) is 0.885. The molecule has 1 saturated heterocycles. The van der Waals surface area contributed by atoms with Crippen LogP contribution in [0.15, 0.2) is 42.6 Å². The van der Waals surface area contributed by atoms with Crippen LogP contribution in [0.2, 0.25) is 0 Å². The summed E-state index contributed by atoms with van der Waals surface area (Å²) in [5.74, 6) is 0.782. The number of ether oxygens (including phenoxy) is 1. The number of nitrogens with one attached hydrogen (secondary N) is 1. The van der Waals surface area contributed by atoms with Crippen molar-refractivity contribution in [1.29, 1.82) is 0 Å². The summed E-state index contributed by atoms with van der Waals surface area (Å²) in [6.45, 7) is 2.96. The first-order valence-corrected chi connectivity index (χ1v) is 8.90. The van der Waals surface area contributed by atoms with Crippen LogP contribution >= 0.6 is 0 Å². The monoisotopic (exact) mass is 339 g/mol. The molecule has 3 rings (SSSR count). The first-order valence-electron chi connectivity index (χ1n) is 8.90. The zero-order valence-electron chi connectivity index (χ0n) is 14.9.